The number of piperidine rings is 1. The highest BCUT2D eigenvalue weighted by molar-refractivity contribution is 7.15. The Morgan fingerprint density at radius 1 is 1.31 bits per heavy atom. The van der Waals surface area contributed by atoms with E-state index in [1.54, 1.807) is 12.3 Å². The van der Waals surface area contributed by atoms with Gasteiger partial charge in [0.05, 0.1) is 6.26 Å². The van der Waals surface area contributed by atoms with Crippen molar-refractivity contribution in [2.75, 3.05) is 19.7 Å². The number of amides is 1. The van der Waals surface area contributed by atoms with E-state index in [1.165, 1.54) is 16.9 Å². The first-order chi connectivity index (χ1) is 14.1. The number of hydrogen-bond acceptors (Lipinski definition) is 6. The number of likely N-dealkylation sites (tertiary alicyclic amines) is 1. The van der Waals surface area contributed by atoms with Gasteiger partial charge >= 0.3 is 0 Å². The van der Waals surface area contributed by atoms with Crippen LogP contribution in [0.1, 0.15) is 27.3 Å². The zero-order chi connectivity index (χ0) is 20.2. The molecule has 2 N–H and O–H groups in total. The standard InChI is InChI=1S/C22H25N3O3S/c1-15-20(24-22(29-15)19-8-5-11-28-19)21(27)23-18-13-25(10-9-17(18)14-26)12-16-6-3-2-4-7-16/h2-8,11,17-18,26H,9-10,12-14H2,1H3,(H,23,27)/t17-,18+/m1/s1. The molecule has 0 unspecified atom stereocenters. The van der Waals surface area contributed by atoms with Crippen molar-refractivity contribution < 1.29 is 14.3 Å². The van der Waals surface area contributed by atoms with Gasteiger partial charge in [0.15, 0.2) is 10.8 Å². The number of rotatable bonds is 6. The molecule has 29 heavy (non-hydrogen) atoms. The Morgan fingerprint density at radius 3 is 2.86 bits per heavy atom. The molecule has 1 amide bonds. The van der Waals surface area contributed by atoms with Gasteiger partial charge in [-0.2, -0.15) is 0 Å². The van der Waals surface area contributed by atoms with E-state index in [2.05, 4.69) is 27.3 Å². The summed E-state index contributed by atoms with van der Waals surface area (Å²) < 4.78 is 5.40. The van der Waals surface area contributed by atoms with Gasteiger partial charge in [0.1, 0.15) is 5.69 Å². The molecule has 6 nitrogen and oxygen atoms in total. The van der Waals surface area contributed by atoms with Crippen LogP contribution in [0, 0.1) is 12.8 Å². The Morgan fingerprint density at radius 2 is 2.14 bits per heavy atom. The Hall–Kier alpha value is -2.48. The van der Waals surface area contributed by atoms with Gasteiger partial charge in [-0.05, 0) is 37.6 Å². The number of benzene rings is 1. The van der Waals surface area contributed by atoms with Crippen molar-refractivity contribution in [1.82, 2.24) is 15.2 Å². The van der Waals surface area contributed by atoms with Gasteiger partial charge in [-0.25, -0.2) is 4.98 Å². The van der Waals surface area contributed by atoms with Crippen molar-refractivity contribution >= 4 is 17.2 Å². The molecule has 0 aliphatic carbocycles. The third kappa shape index (κ3) is 4.58. The van der Waals surface area contributed by atoms with Gasteiger partial charge in [-0.15, -0.1) is 11.3 Å². The number of furan rings is 1. The van der Waals surface area contributed by atoms with E-state index in [0.717, 1.165) is 24.4 Å². The second-order valence-electron chi connectivity index (χ2n) is 7.43. The van der Waals surface area contributed by atoms with Crippen molar-refractivity contribution in [1.29, 1.82) is 0 Å². The molecule has 0 radical (unpaired) electrons. The van der Waals surface area contributed by atoms with Gasteiger partial charge in [-0.1, -0.05) is 30.3 Å². The molecule has 2 aromatic heterocycles. The summed E-state index contributed by atoms with van der Waals surface area (Å²) >= 11 is 1.45. The van der Waals surface area contributed by atoms with Crippen LogP contribution >= 0.6 is 11.3 Å². The van der Waals surface area contributed by atoms with Crippen molar-refractivity contribution in [3.05, 3.63) is 64.9 Å². The molecule has 1 aromatic carbocycles. The van der Waals surface area contributed by atoms with Crippen LogP contribution < -0.4 is 5.32 Å². The maximum absolute atomic E-state index is 12.9. The summed E-state index contributed by atoms with van der Waals surface area (Å²) in [6.07, 6.45) is 2.45. The second-order valence-corrected chi connectivity index (χ2v) is 8.64. The maximum atomic E-state index is 12.9. The SMILES string of the molecule is Cc1sc(-c2ccco2)nc1C(=O)N[C@H]1CN(Cc2ccccc2)CC[C@@H]1CO. The van der Waals surface area contributed by atoms with Crippen LogP contribution in [0.3, 0.4) is 0 Å². The smallest absolute Gasteiger partial charge is 0.271 e. The highest BCUT2D eigenvalue weighted by Gasteiger charge is 2.31. The molecule has 3 aromatic rings. The number of carbonyl (C=O) groups is 1. The number of aryl methyl sites for hydroxylation is 1. The molecular weight excluding hydrogens is 386 g/mol. The van der Waals surface area contributed by atoms with Crippen LogP contribution in [-0.4, -0.2) is 46.6 Å². The Balaban J connectivity index is 1.45. The minimum absolute atomic E-state index is 0.0504. The van der Waals surface area contributed by atoms with E-state index in [1.807, 2.05) is 31.2 Å². The Labute approximate surface area is 174 Å². The van der Waals surface area contributed by atoms with Crippen LogP contribution in [-0.2, 0) is 6.54 Å². The summed E-state index contributed by atoms with van der Waals surface area (Å²) in [6, 6.07) is 13.8. The average Bonchev–Trinajstić information content (AvgIpc) is 3.39. The third-order valence-corrected chi connectivity index (χ3v) is 6.37. The number of aliphatic hydroxyl groups is 1. The highest BCUT2D eigenvalue weighted by Crippen LogP contribution is 2.28. The van der Waals surface area contributed by atoms with Crippen molar-refractivity contribution in [2.24, 2.45) is 5.92 Å². The number of nitrogens with one attached hydrogen (secondary N) is 1. The second kappa shape index (κ2) is 8.90. The predicted octanol–water partition coefficient (Wildman–Crippen LogP) is 3.32. The number of thiazole rings is 1. The normalized spacial score (nSPS) is 19.9. The van der Waals surface area contributed by atoms with Crippen LogP contribution in [0.5, 0.6) is 0 Å². The van der Waals surface area contributed by atoms with Gasteiger partial charge in [0.25, 0.3) is 5.91 Å². The molecule has 3 heterocycles. The van der Waals surface area contributed by atoms with E-state index >= 15 is 0 Å². The van der Waals surface area contributed by atoms with E-state index in [9.17, 15) is 9.90 Å². The fourth-order valence-electron chi connectivity index (χ4n) is 3.78. The van der Waals surface area contributed by atoms with Gasteiger partial charge in [-0.3, -0.25) is 9.69 Å². The van der Waals surface area contributed by atoms with Crippen LogP contribution in [0.25, 0.3) is 10.8 Å². The largest absolute Gasteiger partial charge is 0.462 e. The molecule has 7 heteroatoms. The molecule has 1 saturated heterocycles. The van der Waals surface area contributed by atoms with E-state index in [0.29, 0.717) is 23.0 Å². The van der Waals surface area contributed by atoms with Crippen molar-refractivity contribution in [3.8, 4) is 10.8 Å². The molecule has 1 fully saturated rings. The molecule has 0 spiro atoms. The molecule has 0 bridgehead atoms. The molecule has 1 aliphatic rings. The van der Waals surface area contributed by atoms with Gasteiger partial charge < -0.3 is 14.8 Å². The van der Waals surface area contributed by atoms with E-state index < -0.39 is 0 Å². The molecule has 2 atom stereocenters. The third-order valence-electron chi connectivity index (χ3n) is 5.38. The number of carbonyl (C=O) groups excluding carboxylic acids is 1. The summed E-state index contributed by atoms with van der Waals surface area (Å²) in [4.78, 5) is 20.6. The summed E-state index contributed by atoms with van der Waals surface area (Å²) in [5.74, 6) is 0.521. The summed E-state index contributed by atoms with van der Waals surface area (Å²) in [7, 11) is 0. The zero-order valence-corrected chi connectivity index (χ0v) is 17.2. The lowest BCUT2D eigenvalue weighted by molar-refractivity contribution is 0.0727. The summed E-state index contributed by atoms with van der Waals surface area (Å²) in [5.41, 5.74) is 1.68. The van der Waals surface area contributed by atoms with E-state index in [4.69, 9.17) is 4.42 Å². The molecule has 152 valence electrons. The molecular formula is C22H25N3O3S. The molecule has 1 aliphatic heterocycles. The monoisotopic (exact) mass is 411 g/mol. The fourth-order valence-corrected chi connectivity index (χ4v) is 4.66. The number of nitrogens with zero attached hydrogens (tertiary/aromatic N) is 2. The average molecular weight is 412 g/mol. The van der Waals surface area contributed by atoms with Crippen LogP contribution in [0.4, 0.5) is 0 Å². The highest BCUT2D eigenvalue weighted by atomic mass is 32.1. The molecule has 0 saturated carbocycles. The quantitative estimate of drug-likeness (QED) is 0.651. The Kier molecular flexibility index (Phi) is 6.08. The summed E-state index contributed by atoms with van der Waals surface area (Å²) in [6.45, 7) is 4.41. The van der Waals surface area contributed by atoms with Gasteiger partial charge in [0.2, 0.25) is 0 Å². The minimum atomic E-state index is -0.193. The lowest BCUT2D eigenvalue weighted by Gasteiger charge is -2.38. The van der Waals surface area contributed by atoms with E-state index in [-0.39, 0.29) is 24.5 Å². The van der Waals surface area contributed by atoms with Crippen LogP contribution in [0.15, 0.2) is 53.1 Å². The maximum Gasteiger partial charge on any atom is 0.271 e. The number of aromatic nitrogens is 1. The van der Waals surface area contributed by atoms with Crippen molar-refractivity contribution in [2.45, 2.75) is 25.9 Å². The lowest BCUT2D eigenvalue weighted by atomic mass is 9.91. The van der Waals surface area contributed by atoms with Crippen molar-refractivity contribution in [3.63, 3.8) is 0 Å². The first-order valence-corrected chi connectivity index (χ1v) is 10.6. The summed E-state index contributed by atoms with van der Waals surface area (Å²) in [5, 5.41) is 13.6. The lowest BCUT2D eigenvalue weighted by Crippen LogP contribution is -2.53. The number of hydrogen-bond donors (Lipinski definition) is 2. The first-order valence-electron chi connectivity index (χ1n) is 9.83. The predicted molar refractivity (Wildman–Crippen MR) is 113 cm³/mol. The molecule has 4 rings (SSSR count). The first kappa shape index (κ1) is 19.8. The minimum Gasteiger partial charge on any atom is -0.462 e. The Bertz CT molecular complexity index is 940. The van der Waals surface area contributed by atoms with Gasteiger partial charge in [0, 0.05) is 36.5 Å². The zero-order valence-electron chi connectivity index (χ0n) is 16.4. The number of aliphatic hydroxyl groups excluding tert-OH is 1. The fraction of sp³-hybridized carbons (Fsp3) is 0.364. The topological polar surface area (TPSA) is 78.6 Å². The van der Waals surface area contributed by atoms with Crippen LogP contribution in [0.2, 0.25) is 0 Å².